The number of amides is 4. The van der Waals surface area contributed by atoms with Crippen LogP contribution in [-0.2, 0) is 16.0 Å². The molecule has 5 rings (SSSR count). The fraction of sp³-hybridized carbons (Fsp3) is 0.545. The highest BCUT2D eigenvalue weighted by molar-refractivity contribution is 6.07. The van der Waals surface area contributed by atoms with Crippen molar-refractivity contribution in [3.8, 4) is 0 Å². The van der Waals surface area contributed by atoms with Crippen molar-refractivity contribution in [2.45, 2.75) is 44.7 Å². The van der Waals surface area contributed by atoms with Crippen LogP contribution >= 0.6 is 0 Å². The number of aromatic nitrogens is 2. The zero-order valence-corrected chi connectivity index (χ0v) is 17.9. The van der Waals surface area contributed by atoms with Crippen molar-refractivity contribution in [1.82, 2.24) is 19.8 Å². The first kappa shape index (κ1) is 21.7. The number of hydrogen-bond donors (Lipinski definition) is 1. The SMILES string of the molecule is O=C1CCN(c2cnn3ccc(CC4CCN(C(=O)C5(C(F)(F)F)CC5)CC4)cc23)C(=O)N1. The molecule has 2 saturated heterocycles. The lowest BCUT2D eigenvalue weighted by molar-refractivity contribution is -0.199. The molecule has 4 amide bonds. The fourth-order valence-corrected chi connectivity index (χ4v) is 4.86. The Bertz CT molecular complexity index is 1120. The summed E-state index contributed by atoms with van der Waals surface area (Å²) in [5.41, 5.74) is 0.236. The van der Waals surface area contributed by atoms with Crippen LogP contribution in [0.2, 0.25) is 0 Å². The molecule has 4 heterocycles. The van der Waals surface area contributed by atoms with E-state index in [2.05, 4.69) is 10.4 Å². The molecule has 11 heteroatoms. The van der Waals surface area contributed by atoms with Crippen molar-refractivity contribution in [2.75, 3.05) is 24.5 Å². The lowest BCUT2D eigenvalue weighted by Gasteiger charge is -2.35. The first-order chi connectivity index (χ1) is 15.7. The Hall–Kier alpha value is -3.11. The van der Waals surface area contributed by atoms with Gasteiger partial charge in [0.2, 0.25) is 11.8 Å². The maximum atomic E-state index is 13.3. The zero-order valence-electron chi connectivity index (χ0n) is 17.9. The van der Waals surface area contributed by atoms with Crippen LogP contribution in [0.15, 0.2) is 24.5 Å². The minimum absolute atomic E-state index is 0.105. The molecule has 8 nitrogen and oxygen atoms in total. The van der Waals surface area contributed by atoms with Gasteiger partial charge in [-0.1, -0.05) is 0 Å². The van der Waals surface area contributed by atoms with Gasteiger partial charge in [0.05, 0.1) is 17.4 Å². The van der Waals surface area contributed by atoms with E-state index in [1.54, 1.807) is 16.9 Å². The zero-order chi connectivity index (χ0) is 23.4. The summed E-state index contributed by atoms with van der Waals surface area (Å²) in [7, 11) is 0. The number of piperidine rings is 1. The van der Waals surface area contributed by atoms with E-state index in [1.165, 1.54) is 9.80 Å². The monoisotopic (exact) mass is 463 g/mol. The maximum absolute atomic E-state index is 13.3. The third-order valence-corrected chi connectivity index (χ3v) is 7.04. The number of imide groups is 1. The van der Waals surface area contributed by atoms with Crippen LogP contribution in [0.5, 0.6) is 0 Å². The molecule has 3 fully saturated rings. The second-order valence-electron chi connectivity index (χ2n) is 9.17. The number of rotatable bonds is 4. The Kier molecular flexibility index (Phi) is 5.09. The van der Waals surface area contributed by atoms with Crippen molar-refractivity contribution < 1.29 is 27.6 Å². The molecule has 0 aromatic carbocycles. The summed E-state index contributed by atoms with van der Waals surface area (Å²) in [6.45, 7) is 0.953. The summed E-state index contributed by atoms with van der Waals surface area (Å²) in [6, 6.07) is 3.41. The van der Waals surface area contributed by atoms with Gasteiger partial charge in [-0.05, 0) is 55.7 Å². The molecule has 2 aliphatic heterocycles. The minimum atomic E-state index is -4.47. The number of hydrogen-bond acceptors (Lipinski definition) is 4. The molecule has 0 spiro atoms. The number of nitrogens with zero attached hydrogens (tertiary/aromatic N) is 4. The summed E-state index contributed by atoms with van der Waals surface area (Å²) < 4.78 is 41.5. The van der Waals surface area contributed by atoms with Gasteiger partial charge in [0.25, 0.3) is 0 Å². The van der Waals surface area contributed by atoms with Gasteiger partial charge in [-0.15, -0.1) is 0 Å². The molecule has 0 radical (unpaired) electrons. The second-order valence-corrected chi connectivity index (χ2v) is 9.17. The molecular formula is C22H24F3N5O3. The highest BCUT2D eigenvalue weighted by atomic mass is 19.4. The van der Waals surface area contributed by atoms with Crippen LogP contribution in [0.1, 0.15) is 37.7 Å². The van der Waals surface area contributed by atoms with Gasteiger partial charge >= 0.3 is 12.2 Å². The van der Waals surface area contributed by atoms with Crippen molar-refractivity contribution in [3.05, 3.63) is 30.1 Å². The number of carbonyl (C=O) groups excluding carboxylic acids is 3. The molecule has 1 N–H and O–H groups in total. The summed E-state index contributed by atoms with van der Waals surface area (Å²) in [5.74, 6) is -0.821. The van der Waals surface area contributed by atoms with E-state index in [-0.39, 0.29) is 37.6 Å². The Morgan fingerprint density at radius 3 is 2.55 bits per heavy atom. The lowest BCUT2D eigenvalue weighted by Crippen LogP contribution is -2.49. The molecule has 176 valence electrons. The van der Waals surface area contributed by atoms with Crippen molar-refractivity contribution in [3.63, 3.8) is 0 Å². The number of alkyl halides is 3. The predicted octanol–water partition coefficient (Wildman–Crippen LogP) is 2.90. The van der Waals surface area contributed by atoms with Crippen LogP contribution in [-0.4, -0.2) is 58.2 Å². The highest BCUT2D eigenvalue weighted by Crippen LogP contribution is 2.58. The molecule has 1 saturated carbocycles. The molecule has 0 unspecified atom stereocenters. The van der Waals surface area contributed by atoms with E-state index >= 15 is 0 Å². The van der Waals surface area contributed by atoms with Gasteiger partial charge in [-0.25, -0.2) is 9.31 Å². The summed E-state index contributed by atoms with van der Waals surface area (Å²) in [4.78, 5) is 39.0. The Balaban J connectivity index is 1.25. The quantitative estimate of drug-likeness (QED) is 0.756. The van der Waals surface area contributed by atoms with Crippen molar-refractivity contribution in [1.29, 1.82) is 0 Å². The van der Waals surface area contributed by atoms with E-state index in [9.17, 15) is 27.6 Å². The number of pyridine rings is 1. The summed E-state index contributed by atoms with van der Waals surface area (Å²) >= 11 is 0. The molecule has 0 atom stereocenters. The van der Waals surface area contributed by atoms with Crippen LogP contribution < -0.4 is 10.2 Å². The summed E-state index contributed by atoms with van der Waals surface area (Å²) in [6.07, 6.45) is 0.943. The van der Waals surface area contributed by atoms with Gasteiger partial charge in [0.1, 0.15) is 5.41 Å². The fourth-order valence-electron chi connectivity index (χ4n) is 4.86. The molecule has 2 aromatic rings. The molecule has 0 bridgehead atoms. The maximum Gasteiger partial charge on any atom is 0.403 e. The molecule has 1 aliphatic carbocycles. The van der Waals surface area contributed by atoms with Gasteiger partial charge in [0.15, 0.2) is 0 Å². The average molecular weight is 463 g/mol. The van der Waals surface area contributed by atoms with E-state index in [4.69, 9.17) is 0 Å². The number of carbonyl (C=O) groups is 3. The number of nitrogens with one attached hydrogen (secondary N) is 1. The van der Waals surface area contributed by atoms with Crippen LogP contribution in [0.25, 0.3) is 5.52 Å². The average Bonchev–Trinajstić information content (AvgIpc) is 3.50. The molecule has 33 heavy (non-hydrogen) atoms. The Morgan fingerprint density at radius 1 is 1.18 bits per heavy atom. The summed E-state index contributed by atoms with van der Waals surface area (Å²) in [5, 5.41) is 6.60. The topological polar surface area (TPSA) is 87.0 Å². The first-order valence-electron chi connectivity index (χ1n) is 11.1. The highest BCUT2D eigenvalue weighted by Gasteiger charge is 2.69. The largest absolute Gasteiger partial charge is 0.403 e. The normalized spacial score (nSPS) is 21.4. The molecule has 2 aromatic heterocycles. The lowest BCUT2D eigenvalue weighted by atomic mass is 9.89. The second kappa shape index (κ2) is 7.74. The first-order valence-corrected chi connectivity index (χ1v) is 11.1. The van der Waals surface area contributed by atoms with Gasteiger partial charge in [-0.2, -0.15) is 18.3 Å². The van der Waals surface area contributed by atoms with Gasteiger partial charge in [-0.3, -0.25) is 19.8 Å². The van der Waals surface area contributed by atoms with E-state index < -0.39 is 23.5 Å². The van der Waals surface area contributed by atoms with E-state index in [0.717, 1.165) is 17.5 Å². The third-order valence-electron chi connectivity index (χ3n) is 7.04. The van der Waals surface area contributed by atoms with Crippen molar-refractivity contribution in [2.24, 2.45) is 11.3 Å². The smallest absolute Gasteiger partial charge is 0.342 e. The molecule has 3 aliphatic rings. The van der Waals surface area contributed by atoms with E-state index in [1.807, 2.05) is 12.1 Å². The predicted molar refractivity (Wildman–Crippen MR) is 111 cm³/mol. The Labute approximate surface area is 187 Å². The number of halogens is 3. The van der Waals surface area contributed by atoms with Crippen LogP contribution in [0.3, 0.4) is 0 Å². The number of likely N-dealkylation sites (tertiary alicyclic amines) is 1. The Morgan fingerprint density at radius 2 is 1.91 bits per heavy atom. The number of anilines is 1. The van der Waals surface area contributed by atoms with Gasteiger partial charge < -0.3 is 4.90 Å². The van der Waals surface area contributed by atoms with Gasteiger partial charge in [0, 0.05) is 32.3 Å². The number of fused-ring (bicyclic) bond motifs is 1. The molecular weight excluding hydrogens is 439 g/mol. The standard InChI is InChI=1S/C22H24F3N5O3/c23-22(24,25)21(5-6-21)19(32)28-7-1-14(2-8-28)11-15-3-10-30-16(12-15)17(13-26-30)29-9-4-18(31)27-20(29)33/h3,10,12-14H,1-2,4-9,11H2,(H,27,31,33). The van der Waals surface area contributed by atoms with E-state index in [0.29, 0.717) is 31.6 Å². The van der Waals surface area contributed by atoms with Crippen LogP contribution in [0, 0.1) is 11.3 Å². The van der Waals surface area contributed by atoms with Crippen LogP contribution in [0.4, 0.5) is 23.7 Å². The number of urea groups is 1. The van der Waals surface area contributed by atoms with Crippen molar-refractivity contribution >= 4 is 29.0 Å². The third kappa shape index (κ3) is 3.83. The minimum Gasteiger partial charge on any atom is -0.342 e.